The largest absolute Gasteiger partial charge is 0.469 e. The Labute approximate surface area is 225 Å². The molecular formula is C24H30N4O7S3. The number of primary sulfonamides is 1. The number of sulfonamides is 2. The summed E-state index contributed by atoms with van der Waals surface area (Å²) in [5.41, 5.74) is 0.730. The molecule has 2 aromatic carbocycles. The third-order valence-corrected chi connectivity index (χ3v) is 9.74. The van der Waals surface area contributed by atoms with Crippen LogP contribution in [0.1, 0.15) is 43.5 Å². The van der Waals surface area contributed by atoms with Crippen LogP contribution >= 0.6 is 11.3 Å². The third kappa shape index (κ3) is 6.74. The first-order valence-corrected chi connectivity index (χ1v) is 15.6. The van der Waals surface area contributed by atoms with E-state index < -0.39 is 31.9 Å². The van der Waals surface area contributed by atoms with Crippen molar-refractivity contribution in [2.75, 3.05) is 20.2 Å². The van der Waals surface area contributed by atoms with Crippen molar-refractivity contribution >= 4 is 53.5 Å². The summed E-state index contributed by atoms with van der Waals surface area (Å²) in [5, 5.41) is 5.25. The highest BCUT2D eigenvalue weighted by Gasteiger charge is 2.23. The van der Waals surface area contributed by atoms with Gasteiger partial charge in [-0.05, 0) is 48.9 Å². The van der Waals surface area contributed by atoms with Gasteiger partial charge in [0.15, 0.2) is 4.80 Å². The lowest BCUT2D eigenvalue weighted by Crippen LogP contribution is -2.31. The third-order valence-electron chi connectivity index (χ3n) is 5.80. The number of aryl methyl sites for hydroxylation is 1. The highest BCUT2D eigenvalue weighted by atomic mass is 32.2. The van der Waals surface area contributed by atoms with Crippen molar-refractivity contribution in [3.8, 4) is 0 Å². The second-order valence-corrected chi connectivity index (χ2v) is 12.8. The van der Waals surface area contributed by atoms with Gasteiger partial charge in [0.2, 0.25) is 20.0 Å². The molecule has 0 saturated carbocycles. The molecule has 1 heterocycles. The van der Waals surface area contributed by atoms with Gasteiger partial charge in [0, 0.05) is 25.2 Å². The summed E-state index contributed by atoms with van der Waals surface area (Å²) < 4.78 is 57.7. The van der Waals surface area contributed by atoms with Gasteiger partial charge >= 0.3 is 5.97 Å². The van der Waals surface area contributed by atoms with Gasteiger partial charge in [-0.3, -0.25) is 9.59 Å². The van der Waals surface area contributed by atoms with Gasteiger partial charge in [0.05, 0.1) is 33.5 Å². The van der Waals surface area contributed by atoms with Crippen LogP contribution in [0, 0.1) is 0 Å². The Morgan fingerprint density at radius 3 is 2.29 bits per heavy atom. The van der Waals surface area contributed by atoms with Crippen LogP contribution in [-0.2, 0) is 36.1 Å². The second-order valence-electron chi connectivity index (χ2n) is 8.33. The Morgan fingerprint density at radius 2 is 1.71 bits per heavy atom. The molecule has 206 valence electrons. The Kier molecular flexibility index (Phi) is 9.59. The molecule has 11 nitrogen and oxygen atoms in total. The second kappa shape index (κ2) is 12.3. The van der Waals surface area contributed by atoms with Gasteiger partial charge in [-0.2, -0.15) is 9.30 Å². The quantitative estimate of drug-likeness (QED) is 0.340. The molecule has 1 aromatic heterocycles. The number of methoxy groups -OCH3 is 1. The highest BCUT2D eigenvalue weighted by Crippen LogP contribution is 2.22. The van der Waals surface area contributed by atoms with E-state index in [1.165, 1.54) is 53.9 Å². The van der Waals surface area contributed by atoms with Crippen LogP contribution in [0.2, 0.25) is 0 Å². The molecule has 38 heavy (non-hydrogen) atoms. The van der Waals surface area contributed by atoms with Gasteiger partial charge in [0.1, 0.15) is 0 Å². The monoisotopic (exact) mass is 582 g/mol. The zero-order valence-electron chi connectivity index (χ0n) is 21.3. The van der Waals surface area contributed by atoms with Crippen molar-refractivity contribution in [2.45, 2.75) is 49.4 Å². The average Bonchev–Trinajstić information content (AvgIpc) is 3.23. The summed E-state index contributed by atoms with van der Waals surface area (Å²) in [6.07, 6.45) is 1.60. The van der Waals surface area contributed by atoms with Crippen LogP contribution in [0.4, 0.5) is 0 Å². The molecule has 0 saturated heterocycles. The first-order chi connectivity index (χ1) is 17.9. The maximum atomic E-state index is 13.0. The van der Waals surface area contributed by atoms with Crippen LogP contribution in [0.3, 0.4) is 0 Å². The van der Waals surface area contributed by atoms with E-state index in [-0.39, 0.29) is 33.1 Å². The first kappa shape index (κ1) is 29.6. The van der Waals surface area contributed by atoms with E-state index in [1.54, 1.807) is 11.5 Å². The zero-order chi connectivity index (χ0) is 28.1. The van der Waals surface area contributed by atoms with Gasteiger partial charge in [0.25, 0.3) is 5.91 Å². The number of esters is 1. The van der Waals surface area contributed by atoms with Crippen molar-refractivity contribution in [2.24, 2.45) is 10.1 Å². The van der Waals surface area contributed by atoms with Gasteiger partial charge in [-0.15, -0.1) is 0 Å². The van der Waals surface area contributed by atoms with Crippen LogP contribution in [0.5, 0.6) is 0 Å². The molecule has 3 rings (SSSR count). The SMILES string of the molecule is CCCCN(CC)S(=O)(=O)c1ccc(C(=O)N=c2sc3cc(S(N)(=O)=O)ccc3n2CCC(=O)OC)cc1. The number of thiazole rings is 1. The number of carbonyl (C=O) groups excluding carboxylic acids is 2. The van der Waals surface area contributed by atoms with Crippen molar-refractivity contribution in [1.82, 2.24) is 8.87 Å². The predicted octanol–water partition coefficient (Wildman–Crippen LogP) is 2.47. The molecule has 0 radical (unpaired) electrons. The van der Waals surface area contributed by atoms with E-state index in [9.17, 15) is 26.4 Å². The minimum absolute atomic E-state index is 0.000828. The fourth-order valence-electron chi connectivity index (χ4n) is 3.69. The standard InChI is InChI=1S/C24H30N4O7S3/c1-4-6-14-27(5-2)38(33,34)18-9-7-17(8-10-18)23(30)26-24-28(15-13-22(29)35-3)20-12-11-19(37(25,31)32)16-21(20)36-24/h7-12,16H,4-6,13-15H2,1-3H3,(H2,25,31,32). The summed E-state index contributed by atoms with van der Waals surface area (Å²) in [6, 6.07) is 9.80. The predicted molar refractivity (Wildman–Crippen MR) is 143 cm³/mol. The molecule has 0 aliphatic carbocycles. The fourth-order valence-corrected chi connectivity index (χ4v) is 6.89. The Balaban J connectivity index is 2.00. The van der Waals surface area contributed by atoms with E-state index in [0.29, 0.717) is 23.3 Å². The van der Waals surface area contributed by atoms with Gasteiger partial charge in [-0.1, -0.05) is 31.6 Å². The lowest BCUT2D eigenvalue weighted by Gasteiger charge is -2.20. The molecule has 0 fully saturated rings. The van der Waals surface area contributed by atoms with E-state index in [4.69, 9.17) is 9.88 Å². The van der Waals surface area contributed by atoms with Crippen molar-refractivity contribution in [3.05, 3.63) is 52.8 Å². The van der Waals surface area contributed by atoms with E-state index in [0.717, 1.165) is 24.2 Å². The Bertz CT molecular complexity index is 1610. The molecule has 0 atom stereocenters. The molecule has 0 bridgehead atoms. The molecule has 0 spiro atoms. The fraction of sp³-hybridized carbons (Fsp3) is 0.375. The highest BCUT2D eigenvalue weighted by molar-refractivity contribution is 7.89. The number of nitrogens with two attached hydrogens (primary N) is 1. The summed E-state index contributed by atoms with van der Waals surface area (Å²) >= 11 is 1.06. The molecule has 14 heteroatoms. The number of unbranched alkanes of at least 4 members (excludes halogenated alkanes) is 1. The number of aromatic nitrogens is 1. The minimum atomic E-state index is -3.95. The van der Waals surface area contributed by atoms with Crippen LogP contribution in [0.15, 0.2) is 57.2 Å². The zero-order valence-corrected chi connectivity index (χ0v) is 23.7. The molecule has 1 amide bonds. The van der Waals surface area contributed by atoms with Crippen molar-refractivity contribution in [3.63, 3.8) is 0 Å². The number of hydrogen-bond acceptors (Lipinski definition) is 8. The van der Waals surface area contributed by atoms with Gasteiger partial charge in [-0.25, -0.2) is 22.0 Å². The molecule has 3 aromatic rings. The van der Waals surface area contributed by atoms with Crippen molar-refractivity contribution in [1.29, 1.82) is 0 Å². The summed E-state index contributed by atoms with van der Waals surface area (Å²) in [7, 11) is -6.38. The lowest BCUT2D eigenvalue weighted by molar-refractivity contribution is -0.140. The number of hydrogen-bond donors (Lipinski definition) is 1. The van der Waals surface area contributed by atoms with E-state index in [1.807, 2.05) is 6.92 Å². The average molecular weight is 583 g/mol. The van der Waals surface area contributed by atoms with Crippen LogP contribution in [-0.4, -0.2) is 57.8 Å². The maximum absolute atomic E-state index is 13.0. The molecule has 0 unspecified atom stereocenters. The number of amides is 1. The maximum Gasteiger partial charge on any atom is 0.307 e. The number of fused-ring (bicyclic) bond motifs is 1. The normalized spacial score (nSPS) is 12.8. The molecule has 2 N–H and O–H groups in total. The van der Waals surface area contributed by atoms with Crippen LogP contribution < -0.4 is 9.94 Å². The Morgan fingerprint density at radius 1 is 1.05 bits per heavy atom. The number of carbonyl (C=O) groups is 2. The molecular weight excluding hydrogens is 552 g/mol. The van der Waals surface area contributed by atoms with Crippen LogP contribution in [0.25, 0.3) is 10.2 Å². The number of nitrogens with zero attached hydrogens (tertiary/aromatic N) is 3. The first-order valence-electron chi connectivity index (χ1n) is 11.8. The van der Waals surface area contributed by atoms with Crippen molar-refractivity contribution < 1.29 is 31.2 Å². The Hall–Kier alpha value is -2.91. The number of ether oxygens (including phenoxy) is 1. The summed E-state index contributed by atoms with van der Waals surface area (Å²) in [6.45, 7) is 4.64. The molecule has 0 aliphatic heterocycles. The summed E-state index contributed by atoms with van der Waals surface area (Å²) in [5.74, 6) is -1.09. The smallest absolute Gasteiger partial charge is 0.307 e. The topological polar surface area (TPSA) is 158 Å². The summed E-state index contributed by atoms with van der Waals surface area (Å²) in [4.78, 5) is 29.2. The lowest BCUT2D eigenvalue weighted by atomic mass is 10.2. The number of benzene rings is 2. The van der Waals surface area contributed by atoms with Gasteiger partial charge < -0.3 is 9.30 Å². The minimum Gasteiger partial charge on any atom is -0.469 e. The van der Waals surface area contributed by atoms with E-state index in [2.05, 4.69) is 4.99 Å². The van der Waals surface area contributed by atoms with E-state index >= 15 is 0 Å². The number of rotatable bonds is 11. The molecule has 0 aliphatic rings.